The molecule has 0 amide bonds. The van der Waals surface area contributed by atoms with Crippen molar-refractivity contribution < 1.29 is 9.53 Å². The van der Waals surface area contributed by atoms with E-state index in [0.717, 1.165) is 18.2 Å². The van der Waals surface area contributed by atoms with Crippen molar-refractivity contribution in [2.75, 3.05) is 24.7 Å². The van der Waals surface area contributed by atoms with Gasteiger partial charge in [-0.2, -0.15) is 0 Å². The van der Waals surface area contributed by atoms with Gasteiger partial charge in [0.05, 0.1) is 12.7 Å². The molecular formula is C14H20N2O2. The van der Waals surface area contributed by atoms with Gasteiger partial charge in [0, 0.05) is 17.9 Å². The summed E-state index contributed by atoms with van der Waals surface area (Å²) in [4.78, 5) is 11.5. The third-order valence-electron chi connectivity index (χ3n) is 3.27. The molecule has 1 aromatic carbocycles. The second-order valence-corrected chi connectivity index (χ2v) is 4.81. The number of ether oxygens (including phenoxy) is 1. The molecule has 0 aromatic heterocycles. The fraction of sp³-hybridized carbons (Fsp3) is 0.500. The predicted octanol–water partition coefficient (Wildman–Crippen LogP) is 2.66. The molecule has 4 nitrogen and oxygen atoms in total. The number of carbonyl (C=O) groups excluding carboxylic acids is 1. The second kappa shape index (κ2) is 5.76. The van der Waals surface area contributed by atoms with Gasteiger partial charge >= 0.3 is 5.97 Å². The predicted molar refractivity (Wildman–Crippen MR) is 72.6 cm³/mol. The second-order valence-electron chi connectivity index (χ2n) is 4.81. The molecule has 4 heteroatoms. The average Bonchev–Trinajstić information content (AvgIpc) is 3.19. The molecular weight excluding hydrogens is 228 g/mol. The summed E-state index contributed by atoms with van der Waals surface area (Å²) in [5.41, 5.74) is 7.53. The van der Waals surface area contributed by atoms with Gasteiger partial charge < -0.3 is 15.8 Å². The van der Waals surface area contributed by atoms with Crippen molar-refractivity contribution in [1.82, 2.24) is 0 Å². The van der Waals surface area contributed by atoms with Crippen LogP contribution in [0.3, 0.4) is 0 Å². The topological polar surface area (TPSA) is 64.3 Å². The van der Waals surface area contributed by atoms with Gasteiger partial charge in [-0.1, -0.05) is 12.8 Å². The summed E-state index contributed by atoms with van der Waals surface area (Å²) >= 11 is 0. The summed E-state index contributed by atoms with van der Waals surface area (Å²) < 4.78 is 4.69. The number of hydrogen-bond donors (Lipinski definition) is 2. The van der Waals surface area contributed by atoms with Gasteiger partial charge in [0.25, 0.3) is 0 Å². The van der Waals surface area contributed by atoms with Crippen LogP contribution in [0.1, 0.15) is 36.0 Å². The van der Waals surface area contributed by atoms with Crippen molar-refractivity contribution in [3.63, 3.8) is 0 Å². The van der Waals surface area contributed by atoms with Gasteiger partial charge in [-0.15, -0.1) is 0 Å². The molecule has 98 valence electrons. The first-order chi connectivity index (χ1) is 8.70. The van der Waals surface area contributed by atoms with Gasteiger partial charge in [0.2, 0.25) is 0 Å². The third kappa shape index (κ3) is 3.39. The van der Waals surface area contributed by atoms with E-state index in [2.05, 4.69) is 5.32 Å². The average molecular weight is 248 g/mol. The summed E-state index contributed by atoms with van der Waals surface area (Å²) in [6, 6.07) is 5.37. The number of rotatable bonds is 6. The molecule has 1 fully saturated rings. The lowest BCUT2D eigenvalue weighted by molar-refractivity contribution is 0.0602. The minimum atomic E-state index is -0.394. The van der Waals surface area contributed by atoms with Crippen molar-refractivity contribution in [2.24, 2.45) is 5.92 Å². The molecule has 1 aliphatic carbocycles. The van der Waals surface area contributed by atoms with Crippen LogP contribution in [0, 0.1) is 5.92 Å². The van der Waals surface area contributed by atoms with Crippen LogP contribution in [0.15, 0.2) is 18.2 Å². The van der Waals surface area contributed by atoms with Crippen LogP contribution in [0.25, 0.3) is 0 Å². The SMILES string of the molecule is COC(=O)c1cc(NCCCC2CC2)ccc1N. The van der Waals surface area contributed by atoms with Gasteiger partial charge in [0.1, 0.15) is 0 Å². The van der Waals surface area contributed by atoms with Crippen LogP contribution in [0.2, 0.25) is 0 Å². The smallest absolute Gasteiger partial charge is 0.340 e. The third-order valence-corrected chi connectivity index (χ3v) is 3.27. The molecule has 18 heavy (non-hydrogen) atoms. The van der Waals surface area contributed by atoms with E-state index in [-0.39, 0.29) is 0 Å². The molecule has 0 aliphatic heterocycles. The van der Waals surface area contributed by atoms with E-state index >= 15 is 0 Å². The molecule has 0 spiro atoms. The maximum atomic E-state index is 11.5. The number of benzene rings is 1. The van der Waals surface area contributed by atoms with E-state index in [0.29, 0.717) is 11.3 Å². The number of anilines is 2. The molecule has 0 atom stereocenters. The van der Waals surface area contributed by atoms with Gasteiger partial charge in [-0.05, 0) is 37.0 Å². The zero-order valence-corrected chi connectivity index (χ0v) is 10.7. The van der Waals surface area contributed by atoms with E-state index in [4.69, 9.17) is 10.5 Å². The highest BCUT2D eigenvalue weighted by Gasteiger charge is 2.19. The first kappa shape index (κ1) is 12.7. The van der Waals surface area contributed by atoms with Crippen LogP contribution in [-0.4, -0.2) is 19.6 Å². The molecule has 1 aliphatic rings. The number of carbonyl (C=O) groups is 1. The minimum Gasteiger partial charge on any atom is -0.465 e. The van der Waals surface area contributed by atoms with Crippen LogP contribution in [-0.2, 0) is 4.74 Å². The first-order valence-corrected chi connectivity index (χ1v) is 6.42. The van der Waals surface area contributed by atoms with E-state index in [1.807, 2.05) is 6.07 Å². The normalized spacial score (nSPS) is 14.3. The Morgan fingerprint density at radius 3 is 2.94 bits per heavy atom. The maximum absolute atomic E-state index is 11.5. The van der Waals surface area contributed by atoms with E-state index < -0.39 is 5.97 Å². The number of nitrogens with two attached hydrogens (primary N) is 1. The molecule has 0 saturated heterocycles. The van der Waals surface area contributed by atoms with Crippen LogP contribution in [0.5, 0.6) is 0 Å². The molecule has 0 heterocycles. The van der Waals surface area contributed by atoms with Crippen molar-refractivity contribution in [2.45, 2.75) is 25.7 Å². The Bertz CT molecular complexity index is 428. The van der Waals surface area contributed by atoms with E-state index in [1.54, 1.807) is 12.1 Å². The van der Waals surface area contributed by atoms with E-state index in [9.17, 15) is 4.79 Å². The molecule has 1 aromatic rings. The number of nitrogens with one attached hydrogen (secondary N) is 1. The van der Waals surface area contributed by atoms with Crippen molar-refractivity contribution >= 4 is 17.3 Å². The van der Waals surface area contributed by atoms with Gasteiger partial charge in [-0.25, -0.2) is 4.79 Å². The zero-order valence-electron chi connectivity index (χ0n) is 10.7. The Hall–Kier alpha value is -1.71. The highest BCUT2D eigenvalue weighted by Crippen LogP contribution is 2.33. The minimum absolute atomic E-state index is 0.394. The lowest BCUT2D eigenvalue weighted by Gasteiger charge is -2.09. The lowest BCUT2D eigenvalue weighted by atomic mass is 10.1. The van der Waals surface area contributed by atoms with Gasteiger partial charge in [0.15, 0.2) is 0 Å². The standard InChI is InChI=1S/C14H20N2O2/c1-18-14(17)12-9-11(6-7-13(12)15)16-8-2-3-10-4-5-10/h6-7,9-10,16H,2-5,8,15H2,1H3. The lowest BCUT2D eigenvalue weighted by Crippen LogP contribution is -2.08. The van der Waals surface area contributed by atoms with Crippen molar-refractivity contribution in [3.05, 3.63) is 23.8 Å². The molecule has 0 radical (unpaired) electrons. The largest absolute Gasteiger partial charge is 0.465 e. The molecule has 0 bridgehead atoms. The number of esters is 1. The van der Waals surface area contributed by atoms with Crippen LogP contribution in [0.4, 0.5) is 11.4 Å². The highest BCUT2D eigenvalue weighted by atomic mass is 16.5. The number of hydrogen-bond acceptors (Lipinski definition) is 4. The Morgan fingerprint density at radius 2 is 2.28 bits per heavy atom. The summed E-state index contributed by atoms with van der Waals surface area (Å²) in [5, 5.41) is 3.31. The summed E-state index contributed by atoms with van der Waals surface area (Å²) in [5.74, 6) is 0.568. The summed E-state index contributed by atoms with van der Waals surface area (Å²) in [6.07, 6.45) is 5.26. The monoisotopic (exact) mass is 248 g/mol. The van der Waals surface area contributed by atoms with Crippen molar-refractivity contribution in [1.29, 1.82) is 0 Å². The Labute approximate surface area is 108 Å². The first-order valence-electron chi connectivity index (χ1n) is 6.42. The highest BCUT2D eigenvalue weighted by molar-refractivity contribution is 5.96. The van der Waals surface area contributed by atoms with Crippen LogP contribution < -0.4 is 11.1 Å². The van der Waals surface area contributed by atoms with Crippen molar-refractivity contribution in [3.8, 4) is 0 Å². The fourth-order valence-corrected chi connectivity index (χ4v) is 1.98. The van der Waals surface area contributed by atoms with Crippen LogP contribution >= 0.6 is 0 Å². The summed E-state index contributed by atoms with van der Waals surface area (Å²) in [7, 11) is 1.36. The zero-order chi connectivity index (χ0) is 13.0. The Morgan fingerprint density at radius 1 is 1.50 bits per heavy atom. The fourth-order valence-electron chi connectivity index (χ4n) is 1.98. The Balaban J connectivity index is 1.89. The van der Waals surface area contributed by atoms with Gasteiger partial charge in [-0.3, -0.25) is 0 Å². The molecule has 0 unspecified atom stereocenters. The Kier molecular flexibility index (Phi) is 4.07. The summed E-state index contributed by atoms with van der Waals surface area (Å²) in [6.45, 7) is 0.932. The molecule has 3 N–H and O–H groups in total. The number of methoxy groups -OCH3 is 1. The number of nitrogen functional groups attached to an aromatic ring is 1. The maximum Gasteiger partial charge on any atom is 0.340 e. The molecule has 2 rings (SSSR count). The quantitative estimate of drug-likeness (QED) is 0.461. The molecule has 1 saturated carbocycles. The van der Waals surface area contributed by atoms with E-state index in [1.165, 1.54) is 32.8 Å².